The summed E-state index contributed by atoms with van der Waals surface area (Å²) in [6.45, 7) is 3.11. The number of thiophene rings is 1. The van der Waals surface area contributed by atoms with Gasteiger partial charge in [-0.1, -0.05) is 0 Å². The van der Waals surface area contributed by atoms with Crippen LogP contribution in [-0.2, 0) is 6.54 Å². The van der Waals surface area contributed by atoms with Gasteiger partial charge in [-0.05, 0) is 19.1 Å². The van der Waals surface area contributed by atoms with Crippen molar-refractivity contribution in [2.75, 3.05) is 12.3 Å². The first-order valence-electron chi connectivity index (χ1n) is 6.54. The number of imidazole rings is 1. The van der Waals surface area contributed by atoms with Crippen LogP contribution in [0.15, 0.2) is 30.9 Å². The van der Waals surface area contributed by atoms with Crippen LogP contribution >= 0.6 is 11.3 Å². The average molecular weight is 301 g/mol. The van der Waals surface area contributed by atoms with Crippen molar-refractivity contribution >= 4 is 33.1 Å². The van der Waals surface area contributed by atoms with Gasteiger partial charge in [0.25, 0.3) is 5.91 Å². The number of carbonyl (C=O) groups is 1. The number of hydrogen-bond acceptors (Lipinski definition) is 5. The van der Waals surface area contributed by atoms with Gasteiger partial charge < -0.3 is 15.6 Å². The number of hydrogen-bond donors (Lipinski definition) is 2. The zero-order valence-corrected chi connectivity index (χ0v) is 12.4. The number of nitrogens with two attached hydrogens (primary N) is 1. The van der Waals surface area contributed by atoms with Crippen LogP contribution < -0.4 is 11.1 Å². The Morgan fingerprint density at radius 3 is 3.10 bits per heavy atom. The Labute approximate surface area is 125 Å². The van der Waals surface area contributed by atoms with Gasteiger partial charge >= 0.3 is 0 Å². The first-order chi connectivity index (χ1) is 10.1. The number of anilines is 1. The molecule has 0 radical (unpaired) electrons. The Bertz CT molecular complexity index is 778. The van der Waals surface area contributed by atoms with E-state index in [0.717, 1.165) is 15.9 Å². The monoisotopic (exact) mass is 301 g/mol. The van der Waals surface area contributed by atoms with E-state index in [9.17, 15) is 4.79 Å². The van der Waals surface area contributed by atoms with Crippen molar-refractivity contribution in [2.24, 2.45) is 0 Å². The number of fused-ring (bicyclic) bond motifs is 1. The number of amides is 1. The van der Waals surface area contributed by atoms with E-state index in [1.807, 2.05) is 29.8 Å². The zero-order valence-electron chi connectivity index (χ0n) is 11.5. The van der Waals surface area contributed by atoms with E-state index < -0.39 is 0 Å². The maximum Gasteiger partial charge on any atom is 0.263 e. The lowest BCUT2D eigenvalue weighted by molar-refractivity contribution is 0.0957. The third-order valence-electron chi connectivity index (χ3n) is 3.15. The Morgan fingerprint density at radius 1 is 1.48 bits per heavy atom. The van der Waals surface area contributed by atoms with Crippen molar-refractivity contribution < 1.29 is 4.79 Å². The second kappa shape index (κ2) is 5.53. The summed E-state index contributed by atoms with van der Waals surface area (Å²) in [5.74, 6) is -0.159. The van der Waals surface area contributed by atoms with Gasteiger partial charge in [-0.2, -0.15) is 0 Å². The van der Waals surface area contributed by atoms with Gasteiger partial charge in [-0.3, -0.25) is 4.79 Å². The third-order valence-corrected chi connectivity index (χ3v) is 4.27. The van der Waals surface area contributed by atoms with E-state index in [1.165, 1.54) is 11.3 Å². The minimum atomic E-state index is -0.159. The quantitative estimate of drug-likeness (QED) is 0.769. The molecule has 1 amide bonds. The lowest BCUT2D eigenvalue weighted by Gasteiger charge is -2.04. The number of pyridine rings is 1. The number of nitrogens with one attached hydrogen (secondary N) is 1. The van der Waals surface area contributed by atoms with Crippen molar-refractivity contribution in [2.45, 2.75) is 13.5 Å². The summed E-state index contributed by atoms with van der Waals surface area (Å²) in [4.78, 5) is 21.9. The van der Waals surface area contributed by atoms with Crippen molar-refractivity contribution in [3.05, 3.63) is 41.4 Å². The number of aryl methyl sites for hydroxylation is 1. The molecule has 3 heterocycles. The maximum atomic E-state index is 12.2. The van der Waals surface area contributed by atoms with Gasteiger partial charge in [0.05, 0.1) is 12.0 Å². The van der Waals surface area contributed by atoms with E-state index in [2.05, 4.69) is 15.3 Å². The standard InChI is InChI=1S/C14H15N5OS/c1-9-2-3-10-11(15)12(21-14(10)18-9)13(20)17-5-7-19-6-4-16-8-19/h2-4,6,8H,5,7,15H2,1H3,(H,17,20). The molecule has 0 unspecified atom stereocenters. The molecule has 3 aromatic rings. The molecule has 3 rings (SSSR count). The summed E-state index contributed by atoms with van der Waals surface area (Å²) >= 11 is 1.33. The van der Waals surface area contributed by atoms with Crippen LogP contribution in [0.5, 0.6) is 0 Å². The molecule has 0 aliphatic heterocycles. The Kier molecular flexibility index (Phi) is 3.57. The second-order valence-corrected chi connectivity index (χ2v) is 5.71. The SMILES string of the molecule is Cc1ccc2c(N)c(C(=O)NCCn3ccnc3)sc2n1. The van der Waals surface area contributed by atoms with Crippen molar-refractivity contribution in [3.63, 3.8) is 0 Å². The van der Waals surface area contributed by atoms with Crippen molar-refractivity contribution in [3.8, 4) is 0 Å². The zero-order chi connectivity index (χ0) is 14.8. The van der Waals surface area contributed by atoms with Gasteiger partial charge in [-0.25, -0.2) is 9.97 Å². The molecule has 21 heavy (non-hydrogen) atoms. The fourth-order valence-corrected chi connectivity index (χ4v) is 3.11. The minimum absolute atomic E-state index is 0.159. The van der Waals surface area contributed by atoms with E-state index in [1.54, 1.807) is 12.5 Å². The predicted molar refractivity (Wildman–Crippen MR) is 83.3 cm³/mol. The molecule has 7 heteroatoms. The Morgan fingerprint density at radius 2 is 2.33 bits per heavy atom. The number of aromatic nitrogens is 3. The summed E-state index contributed by atoms with van der Waals surface area (Å²) in [6.07, 6.45) is 5.28. The van der Waals surface area contributed by atoms with Crippen LogP contribution in [0.4, 0.5) is 5.69 Å². The smallest absolute Gasteiger partial charge is 0.263 e. The molecule has 6 nitrogen and oxygen atoms in total. The first kappa shape index (κ1) is 13.6. The molecule has 3 aromatic heterocycles. The molecule has 0 fully saturated rings. The molecule has 0 saturated carbocycles. The van der Waals surface area contributed by atoms with Crippen LogP contribution in [0.1, 0.15) is 15.4 Å². The fraction of sp³-hybridized carbons (Fsp3) is 0.214. The molecule has 108 valence electrons. The van der Waals surface area contributed by atoms with Gasteiger partial charge in [0, 0.05) is 36.6 Å². The topological polar surface area (TPSA) is 85.8 Å². The van der Waals surface area contributed by atoms with E-state index in [4.69, 9.17) is 5.73 Å². The summed E-state index contributed by atoms with van der Waals surface area (Å²) in [5.41, 5.74) is 7.47. The molecule has 0 bridgehead atoms. The first-order valence-corrected chi connectivity index (χ1v) is 7.36. The van der Waals surface area contributed by atoms with Crippen LogP contribution in [0.2, 0.25) is 0 Å². The molecule has 0 aliphatic rings. The number of nitrogens with zero attached hydrogens (tertiary/aromatic N) is 3. The Balaban J connectivity index is 1.73. The highest BCUT2D eigenvalue weighted by atomic mass is 32.1. The summed E-state index contributed by atoms with van der Waals surface area (Å²) in [7, 11) is 0. The maximum absolute atomic E-state index is 12.2. The highest BCUT2D eigenvalue weighted by Gasteiger charge is 2.16. The van der Waals surface area contributed by atoms with Gasteiger partial charge in [0.2, 0.25) is 0 Å². The molecule has 0 spiro atoms. The van der Waals surface area contributed by atoms with Crippen LogP contribution in [0, 0.1) is 6.92 Å². The van der Waals surface area contributed by atoms with Crippen molar-refractivity contribution in [1.29, 1.82) is 0 Å². The molecule has 0 aromatic carbocycles. The molecule has 0 aliphatic carbocycles. The Hall–Kier alpha value is -2.41. The average Bonchev–Trinajstić information content (AvgIpc) is 3.07. The number of rotatable bonds is 4. The highest BCUT2D eigenvalue weighted by molar-refractivity contribution is 7.21. The minimum Gasteiger partial charge on any atom is -0.397 e. The number of nitrogen functional groups attached to an aromatic ring is 1. The molecular formula is C14H15N5OS. The lowest BCUT2D eigenvalue weighted by atomic mass is 10.2. The predicted octanol–water partition coefficient (Wildman–Crippen LogP) is 1.81. The van der Waals surface area contributed by atoms with E-state index in [0.29, 0.717) is 23.7 Å². The van der Waals surface area contributed by atoms with Crippen molar-refractivity contribution in [1.82, 2.24) is 19.9 Å². The van der Waals surface area contributed by atoms with Crippen LogP contribution in [-0.4, -0.2) is 27.0 Å². The molecular weight excluding hydrogens is 286 g/mol. The largest absolute Gasteiger partial charge is 0.397 e. The third kappa shape index (κ3) is 2.73. The van der Waals surface area contributed by atoms with Crippen LogP contribution in [0.25, 0.3) is 10.2 Å². The van der Waals surface area contributed by atoms with Gasteiger partial charge in [0.1, 0.15) is 9.71 Å². The summed E-state index contributed by atoms with van der Waals surface area (Å²) < 4.78 is 1.90. The molecule has 0 saturated heterocycles. The second-order valence-electron chi connectivity index (χ2n) is 4.71. The van der Waals surface area contributed by atoms with Gasteiger partial charge in [0.15, 0.2) is 0 Å². The van der Waals surface area contributed by atoms with Crippen LogP contribution in [0.3, 0.4) is 0 Å². The summed E-state index contributed by atoms with van der Waals surface area (Å²) in [5, 5.41) is 3.71. The van der Waals surface area contributed by atoms with E-state index in [-0.39, 0.29) is 5.91 Å². The summed E-state index contributed by atoms with van der Waals surface area (Å²) in [6, 6.07) is 3.80. The fourth-order valence-electron chi connectivity index (χ4n) is 2.06. The molecule has 3 N–H and O–H groups in total. The molecule has 0 atom stereocenters. The van der Waals surface area contributed by atoms with Gasteiger partial charge in [-0.15, -0.1) is 11.3 Å². The number of carbonyl (C=O) groups excluding carboxylic acids is 1. The highest BCUT2D eigenvalue weighted by Crippen LogP contribution is 2.32. The lowest BCUT2D eigenvalue weighted by Crippen LogP contribution is -2.26. The normalized spacial score (nSPS) is 10.9. The van der Waals surface area contributed by atoms with E-state index >= 15 is 0 Å².